The van der Waals surface area contributed by atoms with E-state index in [1.165, 1.54) is 24.3 Å². The molecule has 0 amide bonds. The van der Waals surface area contributed by atoms with E-state index in [-0.39, 0.29) is 205 Å². The molecule has 3 saturated heterocycles. The fraction of sp³-hybridized carbons (Fsp3) is 0.630. The van der Waals surface area contributed by atoms with Gasteiger partial charge in [0.05, 0.1) is 88.7 Å². The second-order valence-electron chi connectivity index (χ2n) is 36.5. The van der Waals surface area contributed by atoms with Gasteiger partial charge < -0.3 is 45.5 Å². The van der Waals surface area contributed by atoms with Crippen molar-refractivity contribution < 1.29 is 132 Å². The van der Waals surface area contributed by atoms with Crippen LogP contribution in [-0.2, 0) is 103 Å². The van der Waals surface area contributed by atoms with Crippen molar-refractivity contribution in [2.75, 3.05) is 6.79 Å². The van der Waals surface area contributed by atoms with Crippen LogP contribution in [0, 0.1) is 82.9 Å². The van der Waals surface area contributed by atoms with Crippen LogP contribution in [-0.4, -0.2) is 163 Å². The van der Waals surface area contributed by atoms with E-state index in [9.17, 15) is 86.3 Å². The Bertz CT molecular complexity index is 4190. The highest BCUT2D eigenvalue weighted by Crippen LogP contribution is 2.66. The highest BCUT2D eigenvalue weighted by atomic mass is 28.4. The first-order valence-electron chi connectivity index (χ1n) is 39.0. The van der Waals surface area contributed by atoms with Crippen LogP contribution >= 0.6 is 0 Å². The molecule has 12 fully saturated rings. The molecule has 18 atom stereocenters. The van der Waals surface area contributed by atoms with Crippen molar-refractivity contribution in [1.29, 1.82) is 0 Å². The summed E-state index contributed by atoms with van der Waals surface area (Å²) < 4.78 is 53.5. The van der Waals surface area contributed by atoms with Crippen LogP contribution in [0.2, 0.25) is 113 Å². The summed E-state index contributed by atoms with van der Waals surface area (Å²) in [7, 11) is -12.8. The maximum absolute atomic E-state index is 12.6. The zero-order valence-electron chi connectivity index (χ0n) is 65.0. The summed E-state index contributed by atoms with van der Waals surface area (Å²) in [6.07, 6.45) is 9.73. The molecule has 14 aliphatic rings. The summed E-state index contributed by atoms with van der Waals surface area (Å²) in [6.45, 7) is 25.6. The topological polar surface area (TPSA) is 400 Å². The minimum Gasteiger partial charge on any atom is -0.455 e. The SMILES string of the molecule is C.C.C.C[Si](C)(CC1CC(=O)CC1=O)O[Si](C)(C)CC1CC(=O)OC1=O.C[Si](C)(O[Si](C)(C)C1CC2CC1C1C(=O)OC(=O)C21)C1CC2CC1C1C(=O)CC(=O)C21.C[Si](C)(O[Si](C)(C)C1CCC2C(=O)OC(=O)C2C1)C1CCC2C(=O)CC(=O)C2C1.O=C(OCOC(=O)c1ccc2c(c1)C(=O)OC2=O)c1ccc2c(c1)C(=O)OC2=O. The Hall–Kier alpha value is -7.72. The Kier molecular flexibility index (Phi) is 25.9. The fourth-order valence-electron chi connectivity index (χ4n) is 22.2. The Morgan fingerprint density at radius 1 is 0.374 bits per heavy atom. The first kappa shape index (κ1) is 89.6. The monoisotopic (exact) mass is 1700 g/mol. The van der Waals surface area contributed by atoms with Gasteiger partial charge in [-0.05, 0) is 237 Å². The van der Waals surface area contributed by atoms with E-state index in [1.54, 1.807) is 0 Å². The first-order valence-corrected chi connectivity index (χ1v) is 57.2. The van der Waals surface area contributed by atoms with E-state index >= 15 is 0 Å². The predicted octanol–water partition coefficient (Wildman–Crippen LogP) is 12.2. The molecule has 0 spiro atoms. The molecule has 0 N–H and O–H groups in total. The summed E-state index contributed by atoms with van der Waals surface area (Å²) in [5.74, 6) is -7.30. The zero-order valence-corrected chi connectivity index (χ0v) is 71.0. The number of Topliss-reactive ketones (excluding diaryl/α,β-unsaturated/α-hetero) is 6. The highest BCUT2D eigenvalue weighted by Gasteiger charge is 2.68. The van der Waals surface area contributed by atoms with Gasteiger partial charge in [-0.15, -0.1) is 0 Å². The number of hydrogen-bond acceptors (Lipinski definition) is 28. The summed E-state index contributed by atoms with van der Waals surface area (Å²) >= 11 is 0. The van der Waals surface area contributed by atoms with Crippen molar-refractivity contribution in [2.45, 2.75) is 231 Å². The van der Waals surface area contributed by atoms with Crippen molar-refractivity contribution in [3.8, 4) is 0 Å². The Labute approximate surface area is 675 Å². The molecule has 0 aromatic heterocycles. The minimum absolute atomic E-state index is 0. The number of carbonyl (C=O) groups is 18. The molecule has 115 heavy (non-hydrogen) atoms. The number of fused-ring (bicyclic) bond motifs is 14. The molecule has 2 aromatic rings. The normalized spacial score (nSPS) is 31.3. The lowest BCUT2D eigenvalue weighted by Crippen LogP contribution is -2.53. The molecule has 5 aliphatic heterocycles. The number of benzene rings is 2. The lowest BCUT2D eigenvalue weighted by molar-refractivity contribution is -0.156. The third-order valence-corrected chi connectivity index (χ3v) is 52.4. The Morgan fingerprint density at radius 2 is 0.809 bits per heavy atom. The Balaban J connectivity index is 0.000000162. The zero-order chi connectivity index (χ0) is 81.3. The van der Waals surface area contributed by atoms with Gasteiger partial charge in [0.25, 0.3) is 0 Å². The van der Waals surface area contributed by atoms with E-state index < -0.39 is 110 Å². The van der Waals surface area contributed by atoms with Crippen molar-refractivity contribution in [2.24, 2.45) is 82.9 Å². The van der Waals surface area contributed by atoms with Crippen LogP contribution < -0.4 is 0 Å². The predicted molar refractivity (Wildman–Crippen MR) is 422 cm³/mol. The molecule has 16 rings (SSSR count). The summed E-state index contributed by atoms with van der Waals surface area (Å²) in [5.41, 5.74) is 1.37. The largest absolute Gasteiger partial charge is 0.455 e. The molecule has 18 unspecified atom stereocenters. The molecule has 624 valence electrons. The molecule has 9 saturated carbocycles. The second-order valence-corrected chi connectivity index (χ2v) is 62.8. The van der Waals surface area contributed by atoms with Gasteiger partial charge in [0.2, 0.25) is 6.79 Å². The lowest BCUT2D eigenvalue weighted by atomic mass is 9.81. The summed E-state index contributed by atoms with van der Waals surface area (Å²) in [6, 6.07) is 8.46. The van der Waals surface area contributed by atoms with Crippen molar-refractivity contribution >= 4 is 156 Å². The summed E-state index contributed by atoms with van der Waals surface area (Å²) in [4.78, 5) is 214. The number of rotatable bonds is 18. The highest BCUT2D eigenvalue weighted by molar-refractivity contribution is 6.87. The quantitative estimate of drug-likeness (QED) is 0.0440. The average Bonchev–Trinajstić information content (AvgIpc) is 1.56. The van der Waals surface area contributed by atoms with Crippen molar-refractivity contribution in [3.63, 3.8) is 0 Å². The van der Waals surface area contributed by atoms with Crippen LogP contribution in [0.4, 0.5) is 0 Å². The van der Waals surface area contributed by atoms with Crippen LogP contribution in [0.15, 0.2) is 36.4 Å². The number of cyclic esters (lactones) is 10. The number of ketones is 6. The number of carbonyl (C=O) groups excluding carboxylic acids is 18. The smallest absolute Gasteiger partial charge is 0.346 e. The van der Waals surface area contributed by atoms with E-state index in [0.717, 1.165) is 63.5 Å². The van der Waals surface area contributed by atoms with Gasteiger partial charge in [0.15, 0.2) is 49.9 Å². The first-order chi connectivity index (χ1) is 52.3. The molecule has 2 aromatic carbocycles. The third kappa shape index (κ3) is 17.9. The molecular formula is C81H108O28Si6. The lowest BCUT2D eigenvalue weighted by Gasteiger charge is -2.46. The van der Waals surface area contributed by atoms with E-state index in [4.69, 9.17) is 31.3 Å². The van der Waals surface area contributed by atoms with E-state index in [2.05, 4.69) is 79.7 Å². The molecule has 9 aliphatic carbocycles. The molecule has 28 nitrogen and oxygen atoms in total. The standard InChI is InChI=1S/C23H32O6Si2.C21H32O6Si2.C19H8O10.C15H24O6Si2.3CH4/c1-30(2,16-7-10-5-12(16)20-15(25)9-14(24)18(10)20)29-31(3,4)17-8-11-6-13(17)21-19(11)22(26)28-23(21)27;1-28(2,12-5-7-14-16(9-12)19(23)11-18(14)22)27-29(3,4)13-6-8-15-17(10-13)21(25)26-20(15)24;20-14(8-1-3-10-12(5-8)18(24)28-16(10)22)26-7-27-15(21)9-2-4-11-13(6-9)19(25)29-17(11)23;1-22(2,8-10-5-12(16)7-13(10)17)21-23(3,4)9-11-6-14(18)20-15(11)19;;;/h10-13,16-21H,5-9H2,1-4H3;12-17H,5-11H2,1-4H3;1-6H,7H2;10-11H,5-9H2,1-4H3;3*1H4. The van der Waals surface area contributed by atoms with Crippen molar-refractivity contribution in [1.82, 2.24) is 0 Å². The Morgan fingerprint density at radius 3 is 1.32 bits per heavy atom. The fourth-order valence-corrected chi connectivity index (χ4v) is 53.1. The minimum atomic E-state index is -2.17. The number of hydrogen-bond donors (Lipinski definition) is 0. The van der Waals surface area contributed by atoms with Gasteiger partial charge in [0.1, 0.15) is 34.7 Å². The molecule has 4 bridgehead atoms. The van der Waals surface area contributed by atoms with Gasteiger partial charge >= 0.3 is 71.6 Å². The summed E-state index contributed by atoms with van der Waals surface area (Å²) in [5, 5.41) is 0. The van der Waals surface area contributed by atoms with E-state index in [1.807, 2.05) is 13.1 Å². The van der Waals surface area contributed by atoms with Gasteiger partial charge in [0, 0.05) is 36.0 Å². The molecule has 0 radical (unpaired) electrons. The average molecular weight is 1700 g/mol. The van der Waals surface area contributed by atoms with Crippen LogP contribution in [0.25, 0.3) is 0 Å². The number of esters is 12. The van der Waals surface area contributed by atoms with Crippen LogP contribution in [0.1, 0.15) is 181 Å². The van der Waals surface area contributed by atoms with Crippen molar-refractivity contribution in [3.05, 3.63) is 69.8 Å². The van der Waals surface area contributed by atoms with Gasteiger partial charge in [-0.3, -0.25) is 57.5 Å². The van der Waals surface area contributed by atoms with E-state index in [0.29, 0.717) is 65.4 Å². The maximum atomic E-state index is 12.6. The van der Waals surface area contributed by atoms with Crippen LogP contribution in [0.3, 0.4) is 0 Å². The third-order valence-electron chi connectivity index (χ3n) is 26.8. The van der Waals surface area contributed by atoms with Crippen LogP contribution in [0.5, 0.6) is 0 Å². The maximum Gasteiger partial charge on any atom is 0.346 e. The second kappa shape index (κ2) is 33.2. The number of ether oxygens (including phenoxy) is 7. The molecular weight excluding hydrogens is 1590 g/mol. The molecule has 34 heteroatoms. The van der Waals surface area contributed by atoms with Gasteiger partial charge in [-0.2, -0.15) is 0 Å². The molecule has 5 heterocycles. The van der Waals surface area contributed by atoms with Gasteiger partial charge in [-0.1, -0.05) is 22.3 Å². The van der Waals surface area contributed by atoms with Gasteiger partial charge in [-0.25, -0.2) is 28.8 Å².